The van der Waals surface area contributed by atoms with Crippen LogP contribution in [0.5, 0.6) is 0 Å². The monoisotopic (exact) mass is 389 g/mol. The van der Waals surface area contributed by atoms with Crippen LogP contribution in [0.2, 0.25) is 0 Å². The van der Waals surface area contributed by atoms with Gasteiger partial charge in [-0.1, -0.05) is 42.5 Å². The van der Waals surface area contributed by atoms with Crippen molar-refractivity contribution in [1.29, 1.82) is 0 Å². The first-order chi connectivity index (χ1) is 14.0. The predicted octanol–water partition coefficient (Wildman–Crippen LogP) is 4.12. The SMILES string of the molecule is CN(Cc1ccccc1)C(=O)c1ccccc1NC(=O)c1ccc([N+](=O)[O-])cc1. The van der Waals surface area contributed by atoms with Crippen LogP contribution in [0.1, 0.15) is 26.3 Å². The van der Waals surface area contributed by atoms with Crippen molar-refractivity contribution in [3.05, 3.63) is 106 Å². The summed E-state index contributed by atoms with van der Waals surface area (Å²) in [4.78, 5) is 37.2. The molecule has 0 saturated carbocycles. The number of nitrogens with zero attached hydrogens (tertiary/aromatic N) is 2. The van der Waals surface area contributed by atoms with E-state index in [0.717, 1.165) is 5.56 Å². The van der Waals surface area contributed by atoms with Crippen molar-refractivity contribution in [1.82, 2.24) is 4.90 Å². The summed E-state index contributed by atoms with van der Waals surface area (Å²) in [6.07, 6.45) is 0. The topological polar surface area (TPSA) is 92.6 Å². The van der Waals surface area contributed by atoms with Crippen LogP contribution in [0.25, 0.3) is 0 Å². The van der Waals surface area contributed by atoms with Crippen LogP contribution in [0.4, 0.5) is 11.4 Å². The highest BCUT2D eigenvalue weighted by Gasteiger charge is 2.18. The number of carbonyl (C=O) groups excluding carboxylic acids is 2. The lowest BCUT2D eigenvalue weighted by atomic mass is 10.1. The zero-order valence-corrected chi connectivity index (χ0v) is 15.7. The average Bonchev–Trinajstić information content (AvgIpc) is 2.74. The average molecular weight is 389 g/mol. The molecule has 0 saturated heterocycles. The van der Waals surface area contributed by atoms with Gasteiger partial charge >= 0.3 is 0 Å². The van der Waals surface area contributed by atoms with Gasteiger partial charge in [0.15, 0.2) is 0 Å². The van der Waals surface area contributed by atoms with Crippen molar-refractivity contribution in [2.45, 2.75) is 6.54 Å². The second-order valence-electron chi connectivity index (χ2n) is 6.45. The predicted molar refractivity (Wildman–Crippen MR) is 110 cm³/mol. The van der Waals surface area contributed by atoms with Crippen LogP contribution in [0, 0.1) is 10.1 Å². The lowest BCUT2D eigenvalue weighted by molar-refractivity contribution is -0.384. The molecule has 0 aromatic heterocycles. The number of anilines is 1. The largest absolute Gasteiger partial charge is 0.337 e. The first-order valence-corrected chi connectivity index (χ1v) is 8.90. The Morgan fingerprint density at radius 2 is 1.55 bits per heavy atom. The van der Waals surface area contributed by atoms with Gasteiger partial charge in [-0.15, -0.1) is 0 Å². The number of carbonyl (C=O) groups is 2. The van der Waals surface area contributed by atoms with E-state index < -0.39 is 10.8 Å². The Hall–Kier alpha value is -4.00. The minimum absolute atomic E-state index is 0.0975. The van der Waals surface area contributed by atoms with Crippen molar-refractivity contribution in [3.63, 3.8) is 0 Å². The minimum Gasteiger partial charge on any atom is -0.337 e. The molecule has 0 fully saturated rings. The Labute approximate surface area is 167 Å². The molecule has 0 radical (unpaired) electrons. The summed E-state index contributed by atoms with van der Waals surface area (Å²) in [6.45, 7) is 0.435. The van der Waals surface area contributed by atoms with E-state index in [0.29, 0.717) is 17.8 Å². The maximum atomic E-state index is 12.9. The van der Waals surface area contributed by atoms with Gasteiger partial charge in [-0.25, -0.2) is 0 Å². The van der Waals surface area contributed by atoms with E-state index in [1.54, 1.807) is 36.2 Å². The highest BCUT2D eigenvalue weighted by Crippen LogP contribution is 2.20. The van der Waals surface area contributed by atoms with Gasteiger partial charge in [0.2, 0.25) is 0 Å². The fraction of sp³-hybridized carbons (Fsp3) is 0.0909. The zero-order valence-electron chi connectivity index (χ0n) is 15.7. The number of hydrogen-bond acceptors (Lipinski definition) is 4. The Bertz CT molecular complexity index is 1030. The molecule has 0 spiro atoms. The van der Waals surface area contributed by atoms with Crippen molar-refractivity contribution < 1.29 is 14.5 Å². The molecule has 0 heterocycles. The number of amides is 2. The summed E-state index contributed by atoms with van der Waals surface area (Å²) in [5.74, 6) is -0.681. The number of nitrogens with one attached hydrogen (secondary N) is 1. The third-order valence-corrected chi connectivity index (χ3v) is 4.36. The quantitative estimate of drug-likeness (QED) is 0.507. The van der Waals surface area contributed by atoms with Crippen LogP contribution in [0.15, 0.2) is 78.9 Å². The number of rotatable bonds is 6. The number of nitro benzene ring substituents is 1. The van der Waals surface area contributed by atoms with Gasteiger partial charge in [0, 0.05) is 31.3 Å². The van der Waals surface area contributed by atoms with Gasteiger partial charge in [0.05, 0.1) is 16.2 Å². The number of benzene rings is 3. The van der Waals surface area contributed by atoms with Crippen LogP contribution >= 0.6 is 0 Å². The molecule has 1 N–H and O–H groups in total. The molecule has 0 aliphatic rings. The van der Waals surface area contributed by atoms with Gasteiger partial charge < -0.3 is 10.2 Å². The fourth-order valence-corrected chi connectivity index (χ4v) is 2.84. The molecule has 146 valence electrons. The molecule has 0 aliphatic carbocycles. The molecular formula is C22H19N3O4. The van der Waals surface area contributed by atoms with Crippen LogP contribution < -0.4 is 5.32 Å². The standard InChI is InChI=1S/C22H19N3O4/c1-24(15-16-7-3-2-4-8-16)22(27)19-9-5-6-10-20(19)23-21(26)17-11-13-18(14-12-17)25(28)29/h2-14H,15H2,1H3,(H,23,26). The maximum Gasteiger partial charge on any atom is 0.269 e. The molecule has 29 heavy (non-hydrogen) atoms. The van der Waals surface area contributed by atoms with E-state index in [4.69, 9.17) is 0 Å². The number of non-ortho nitro benzene ring substituents is 1. The molecule has 0 bridgehead atoms. The Morgan fingerprint density at radius 1 is 0.931 bits per heavy atom. The molecule has 2 amide bonds. The second kappa shape index (κ2) is 8.79. The highest BCUT2D eigenvalue weighted by atomic mass is 16.6. The molecule has 0 atom stereocenters. The molecule has 7 heteroatoms. The molecule has 3 aromatic carbocycles. The Morgan fingerprint density at radius 3 is 2.21 bits per heavy atom. The summed E-state index contributed by atoms with van der Waals surface area (Å²) in [5.41, 5.74) is 1.90. The van der Waals surface area contributed by atoms with E-state index in [2.05, 4.69) is 5.32 Å². The molecule has 0 unspecified atom stereocenters. The van der Waals surface area contributed by atoms with E-state index >= 15 is 0 Å². The van der Waals surface area contributed by atoms with Crippen molar-refractivity contribution in [2.24, 2.45) is 0 Å². The van der Waals surface area contributed by atoms with E-state index in [9.17, 15) is 19.7 Å². The first-order valence-electron chi connectivity index (χ1n) is 8.90. The van der Waals surface area contributed by atoms with Gasteiger partial charge in [-0.05, 0) is 29.8 Å². The van der Waals surface area contributed by atoms with E-state index in [1.165, 1.54) is 24.3 Å². The molecular weight excluding hydrogens is 370 g/mol. The van der Waals surface area contributed by atoms with Crippen LogP contribution in [-0.4, -0.2) is 28.7 Å². The van der Waals surface area contributed by atoms with Crippen LogP contribution in [-0.2, 0) is 6.54 Å². The first kappa shape index (κ1) is 19.8. The number of nitro groups is 1. The number of hydrogen-bond donors (Lipinski definition) is 1. The lowest BCUT2D eigenvalue weighted by Gasteiger charge is -2.19. The van der Waals surface area contributed by atoms with Crippen molar-refractivity contribution >= 4 is 23.2 Å². The summed E-state index contributed by atoms with van der Waals surface area (Å²) < 4.78 is 0. The summed E-state index contributed by atoms with van der Waals surface area (Å²) in [5, 5.41) is 13.5. The Kier molecular flexibility index (Phi) is 5.99. The molecule has 7 nitrogen and oxygen atoms in total. The van der Waals surface area contributed by atoms with E-state index in [1.807, 2.05) is 30.3 Å². The maximum absolute atomic E-state index is 12.9. The third-order valence-electron chi connectivity index (χ3n) is 4.36. The normalized spacial score (nSPS) is 10.2. The van der Waals surface area contributed by atoms with Gasteiger partial charge in [-0.3, -0.25) is 19.7 Å². The molecule has 3 rings (SSSR count). The van der Waals surface area contributed by atoms with Gasteiger partial charge in [0.1, 0.15) is 0 Å². The number of para-hydroxylation sites is 1. The summed E-state index contributed by atoms with van der Waals surface area (Å²) >= 11 is 0. The summed E-state index contributed by atoms with van der Waals surface area (Å²) in [6, 6.07) is 21.6. The summed E-state index contributed by atoms with van der Waals surface area (Å²) in [7, 11) is 1.70. The molecule has 3 aromatic rings. The molecule has 0 aliphatic heterocycles. The lowest BCUT2D eigenvalue weighted by Crippen LogP contribution is -2.27. The smallest absolute Gasteiger partial charge is 0.269 e. The zero-order chi connectivity index (χ0) is 20.8. The minimum atomic E-state index is -0.530. The van der Waals surface area contributed by atoms with Crippen molar-refractivity contribution in [2.75, 3.05) is 12.4 Å². The van der Waals surface area contributed by atoms with Gasteiger partial charge in [0.25, 0.3) is 17.5 Å². The third kappa shape index (κ3) is 4.84. The van der Waals surface area contributed by atoms with Crippen LogP contribution in [0.3, 0.4) is 0 Å². The van der Waals surface area contributed by atoms with Gasteiger partial charge in [-0.2, -0.15) is 0 Å². The van der Waals surface area contributed by atoms with E-state index in [-0.39, 0.29) is 17.2 Å². The Balaban J connectivity index is 1.76. The van der Waals surface area contributed by atoms with Crippen molar-refractivity contribution in [3.8, 4) is 0 Å². The second-order valence-corrected chi connectivity index (χ2v) is 6.45. The fourth-order valence-electron chi connectivity index (χ4n) is 2.84. The highest BCUT2D eigenvalue weighted by molar-refractivity contribution is 6.09.